The van der Waals surface area contributed by atoms with Gasteiger partial charge in [0.25, 0.3) is 11.1 Å². The Kier molecular flexibility index (Phi) is 5.01. The largest absolute Gasteiger partial charge is 0.469 e. The van der Waals surface area contributed by atoms with Crippen molar-refractivity contribution in [2.24, 2.45) is 0 Å². The first-order chi connectivity index (χ1) is 11.1. The Morgan fingerprint density at radius 2 is 2.22 bits per heavy atom. The van der Waals surface area contributed by atoms with Gasteiger partial charge < -0.3 is 14.2 Å². The van der Waals surface area contributed by atoms with Crippen molar-refractivity contribution in [3.63, 3.8) is 0 Å². The molecule has 2 heterocycles. The van der Waals surface area contributed by atoms with Crippen molar-refractivity contribution in [1.82, 2.24) is 10.2 Å². The van der Waals surface area contributed by atoms with Gasteiger partial charge in [0.2, 0.25) is 5.91 Å². The van der Waals surface area contributed by atoms with Gasteiger partial charge in [-0.2, -0.15) is 0 Å². The van der Waals surface area contributed by atoms with Gasteiger partial charge in [-0.3, -0.25) is 4.79 Å². The zero-order chi connectivity index (χ0) is 16.2. The van der Waals surface area contributed by atoms with Crippen LogP contribution in [0.15, 0.2) is 50.7 Å². The molecule has 0 unspecified atom stereocenters. The Labute approximate surface area is 150 Å². The van der Waals surface area contributed by atoms with E-state index in [1.54, 1.807) is 12.3 Å². The van der Waals surface area contributed by atoms with Crippen LogP contribution in [-0.2, 0) is 4.79 Å². The zero-order valence-electron chi connectivity index (χ0n) is 12.1. The minimum atomic E-state index is -0.128. The van der Waals surface area contributed by atoms with E-state index in [2.05, 4.69) is 38.1 Å². The minimum Gasteiger partial charge on any atom is -0.469 e. The maximum absolute atomic E-state index is 11.9. The average Bonchev–Trinajstić information content (AvgIpc) is 3.13. The normalized spacial score (nSPS) is 10.7. The first-order valence-electron chi connectivity index (χ1n) is 6.68. The molecule has 0 aliphatic rings. The number of amides is 1. The van der Waals surface area contributed by atoms with E-state index in [4.69, 9.17) is 8.83 Å². The number of hydrogen-bond acceptors (Lipinski definition) is 6. The predicted octanol–water partition coefficient (Wildman–Crippen LogP) is 3.97. The van der Waals surface area contributed by atoms with E-state index >= 15 is 0 Å². The molecular formula is C15H12IN3O3S. The third-order valence-corrected chi connectivity index (χ3v) is 4.42. The lowest BCUT2D eigenvalue weighted by atomic mass is 10.3. The Balaban J connectivity index is 1.57. The van der Waals surface area contributed by atoms with Gasteiger partial charge in [-0.05, 0) is 53.8 Å². The van der Waals surface area contributed by atoms with Crippen LogP contribution in [0.4, 0.5) is 5.69 Å². The quantitative estimate of drug-likeness (QED) is 0.477. The molecule has 0 atom stereocenters. The van der Waals surface area contributed by atoms with Gasteiger partial charge in [-0.25, -0.2) is 0 Å². The van der Waals surface area contributed by atoms with Crippen LogP contribution in [-0.4, -0.2) is 21.9 Å². The summed E-state index contributed by atoms with van der Waals surface area (Å²) in [5.41, 5.74) is 1.52. The van der Waals surface area contributed by atoms with Crippen molar-refractivity contribution >= 4 is 45.9 Å². The molecule has 0 saturated carbocycles. The molecule has 0 saturated heterocycles. The maximum Gasteiger partial charge on any atom is 0.277 e. The van der Waals surface area contributed by atoms with Crippen LogP contribution in [0.25, 0.3) is 11.5 Å². The molecule has 0 fully saturated rings. The third kappa shape index (κ3) is 4.14. The Morgan fingerprint density at radius 1 is 1.35 bits per heavy atom. The number of halogens is 1. The summed E-state index contributed by atoms with van der Waals surface area (Å²) in [6.07, 6.45) is 1.57. The number of furan rings is 1. The minimum absolute atomic E-state index is 0.128. The van der Waals surface area contributed by atoms with E-state index in [0.717, 1.165) is 14.8 Å². The number of nitrogens with one attached hydrogen (secondary N) is 1. The molecule has 0 aliphatic carbocycles. The summed E-state index contributed by atoms with van der Waals surface area (Å²) >= 11 is 3.39. The molecule has 3 rings (SSSR count). The highest BCUT2D eigenvalue weighted by Gasteiger charge is 2.14. The third-order valence-electron chi connectivity index (χ3n) is 2.93. The van der Waals surface area contributed by atoms with Gasteiger partial charge in [0, 0.05) is 9.26 Å². The molecule has 0 radical (unpaired) electrons. The second kappa shape index (κ2) is 7.18. The van der Waals surface area contributed by atoms with Crippen molar-refractivity contribution in [2.75, 3.05) is 11.1 Å². The number of rotatable bonds is 5. The Bertz CT molecular complexity index is 831. The number of nitrogens with zero attached hydrogens (tertiary/aromatic N) is 2. The van der Waals surface area contributed by atoms with Gasteiger partial charge in [0.1, 0.15) is 5.76 Å². The fourth-order valence-corrected chi connectivity index (χ4v) is 2.98. The average molecular weight is 441 g/mol. The van der Waals surface area contributed by atoms with Crippen molar-refractivity contribution in [2.45, 2.75) is 12.1 Å². The first-order valence-corrected chi connectivity index (χ1v) is 8.74. The highest BCUT2D eigenvalue weighted by molar-refractivity contribution is 14.1. The number of thioether (sulfide) groups is 1. The number of carbonyl (C=O) groups is 1. The van der Waals surface area contributed by atoms with Crippen LogP contribution in [0.2, 0.25) is 0 Å². The second-order valence-corrected chi connectivity index (χ2v) is 6.78. The van der Waals surface area contributed by atoms with E-state index in [1.807, 2.05) is 31.2 Å². The van der Waals surface area contributed by atoms with Gasteiger partial charge in [0.05, 0.1) is 17.6 Å². The molecule has 0 aliphatic heterocycles. The highest BCUT2D eigenvalue weighted by atomic mass is 127. The molecule has 3 aromatic rings. The summed E-state index contributed by atoms with van der Waals surface area (Å²) < 4.78 is 11.8. The van der Waals surface area contributed by atoms with Crippen molar-refractivity contribution in [1.29, 1.82) is 0 Å². The van der Waals surface area contributed by atoms with E-state index < -0.39 is 0 Å². The molecule has 6 nitrogen and oxygen atoms in total. The van der Waals surface area contributed by atoms with Gasteiger partial charge >= 0.3 is 0 Å². The number of anilines is 1. The zero-order valence-corrected chi connectivity index (χ0v) is 15.1. The Morgan fingerprint density at radius 3 is 2.96 bits per heavy atom. The summed E-state index contributed by atoms with van der Waals surface area (Å²) in [6.45, 7) is 1.82. The number of hydrogen-bond donors (Lipinski definition) is 1. The number of carbonyl (C=O) groups excluding carboxylic acids is 1. The molecule has 2 aromatic heterocycles. The lowest BCUT2D eigenvalue weighted by molar-refractivity contribution is -0.113. The van der Waals surface area contributed by atoms with Crippen LogP contribution in [0, 0.1) is 10.5 Å². The monoisotopic (exact) mass is 441 g/mol. The van der Waals surface area contributed by atoms with Gasteiger partial charge in [-0.1, -0.05) is 17.8 Å². The second-order valence-electron chi connectivity index (χ2n) is 4.61. The van der Waals surface area contributed by atoms with E-state index in [-0.39, 0.29) is 11.7 Å². The topological polar surface area (TPSA) is 81.2 Å². The highest BCUT2D eigenvalue weighted by Crippen LogP contribution is 2.26. The van der Waals surface area contributed by atoms with Crippen LogP contribution in [0.3, 0.4) is 0 Å². The standard InChI is InChI=1S/C15H12IN3O3S/c1-9-12(5-6-21-9)14-18-19-15(22-14)23-8-13(20)17-11-4-2-3-10(16)7-11/h2-7H,8H2,1H3,(H,17,20). The van der Waals surface area contributed by atoms with E-state index in [0.29, 0.717) is 16.9 Å². The summed E-state index contributed by atoms with van der Waals surface area (Å²) in [6, 6.07) is 9.36. The lowest BCUT2D eigenvalue weighted by Gasteiger charge is -2.04. The Hall–Kier alpha value is -1.81. The fourth-order valence-electron chi connectivity index (χ4n) is 1.87. The lowest BCUT2D eigenvalue weighted by Crippen LogP contribution is -2.13. The molecule has 8 heteroatoms. The molecule has 1 aromatic carbocycles. The summed E-state index contributed by atoms with van der Waals surface area (Å²) in [4.78, 5) is 11.9. The van der Waals surface area contributed by atoms with Crippen LogP contribution in [0.1, 0.15) is 5.76 Å². The smallest absolute Gasteiger partial charge is 0.277 e. The number of aryl methyl sites for hydroxylation is 1. The molecule has 118 valence electrons. The maximum atomic E-state index is 11.9. The number of benzene rings is 1. The van der Waals surface area contributed by atoms with Crippen LogP contribution < -0.4 is 5.32 Å². The molecule has 1 amide bonds. The SMILES string of the molecule is Cc1occc1-c1nnc(SCC(=O)Nc2cccc(I)c2)o1. The van der Waals surface area contributed by atoms with Crippen molar-refractivity contribution in [3.8, 4) is 11.5 Å². The number of aromatic nitrogens is 2. The van der Waals surface area contributed by atoms with E-state index in [9.17, 15) is 4.79 Å². The summed E-state index contributed by atoms with van der Waals surface area (Å²) in [5.74, 6) is 1.16. The van der Waals surface area contributed by atoms with Crippen LogP contribution >= 0.6 is 34.4 Å². The summed E-state index contributed by atoms with van der Waals surface area (Å²) in [7, 11) is 0. The van der Waals surface area contributed by atoms with Crippen LogP contribution in [0.5, 0.6) is 0 Å². The van der Waals surface area contributed by atoms with Crippen molar-refractivity contribution < 1.29 is 13.6 Å². The van der Waals surface area contributed by atoms with Gasteiger partial charge in [-0.15, -0.1) is 10.2 Å². The molecule has 0 spiro atoms. The fraction of sp³-hybridized carbons (Fsp3) is 0.133. The summed E-state index contributed by atoms with van der Waals surface area (Å²) in [5, 5.41) is 11.1. The first kappa shape index (κ1) is 16.1. The molecule has 1 N–H and O–H groups in total. The molecule has 0 bridgehead atoms. The van der Waals surface area contributed by atoms with Crippen molar-refractivity contribution in [3.05, 3.63) is 45.9 Å². The van der Waals surface area contributed by atoms with E-state index in [1.165, 1.54) is 11.8 Å². The molecular weight excluding hydrogens is 429 g/mol. The predicted molar refractivity (Wildman–Crippen MR) is 95.2 cm³/mol. The van der Waals surface area contributed by atoms with Gasteiger partial charge in [0.15, 0.2) is 0 Å². The molecule has 23 heavy (non-hydrogen) atoms.